The predicted octanol–water partition coefficient (Wildman–Crippen LogP) is 2.44. The quantitative estimate of drug-likeness (QED) is 0.215. The van der Waals surface area contributed by atoms with Gasteiger partial charge in [0.05, 0.1) is 27.7 Å². The number of aliphatic hydroxyl groups excluding tert-OH is 1. The molecule has 1 amide bonds. The third kappa shape index (κ3) is 27.7. The Balaban J connectivity index is 0. The number of hydrogen-bond acceptors (Lipinski definition) is 2. The zero-order chi connectivity index (χ0) is 20.9. The van der Waals surface area contributed by atoms with Crippen LogP contribution in [0.2, 0.25) is 0 Å². The Hall–Kier alpha value is -0.320. The summed E-state index contributed by atoms with van der Waals surface area (Å²) in [4.78, 5) is 11.8. The molecule has 0 aliphatic carbocycles. The van der Waals surface area contributed by atoms with E-state index in [0.717, 1.165) is 36.8 Å². The third-order valence-electron chi connectivity index (χ3n) is 5.39. The van der Waals surface area contributed by atoms with Gasteiger partial charge in [0.1, 0.15) is 0 Å². The molecule has 29 heavy (non-hydrogen) atoms. The maximum atomic E-state index is 11.8. The van der Waals surface area contributed by atoms with Crippen molar-refractivity contribution in [3.8, 4) is 0 Å². The normalized spacial score (nSPS) is 11.3. The molecule has 0 saturated carbocycles. The molecule has 2 N–H and O–H groups in total. The molecule has 0 heterocycles. The van der Waals surface area contributed by atoms with Crippen LogP contribution in [-0.2, 0) is 4.79 Å². The summed E-state index contributed by atoms with van der Waals surface area (Å²) in [5.74, 6) is 0.231. The van der Waals surface area contributed by atoms with Crippen LogP contribution in [0.15, 0.2) is 0 Å². The Bertz CT molecular complexity index is 346. The highest BCUT2D eigenvalue weighted by atomic mass is 35.5. The molecule has 0 aromatic rings. The van der Waals surface area contributed by atoms with Gasteiger partial charge < -0.3 is 27.3 Å². The second kappa shape index (κ2) is 22.4. The largest absolute Gasteiger partial charge is 1.00 e. The highest BCUT2D eigenvalue weighted by Crippen LogP contribution is 2.13. The smallest absolute Gasteiger partial charge is 0.219 e. The van der Waals surface area contributed by atoms with Gasteiger partial charge in [0.15, 0.2) is 0 Å². The first-order valence-corrected chi connectivity index (χ1v) is 12.1. The van der Waals surface area contributed by atoms with E-state index in [1.54, 1.807) is 0 Å². The van der Waals surface area contributed by atoms with E-state index < -0.39 is 0 Å². The molecule has 0 rings (SSSR count). The summed E-state index contributed by atoms with van der Waals surface area (Å²) in [5.41, 5.74) is 0. The fourth-order valence-corrected chi connectivity index (χ4v) is 3.57. The summed E-state index contributed by atoms with van der Waals surface area (Å²) in [6, 6.07) is 0. The number of halogens is 1. The van der Waals surface area contributed by atoms with E-state index in [4.69, 9.17) is 5.11 Å². The van der Waals surface area contributed by atoms with Crippen LogP contribution in [0.4, 0.5) is 0 Å². The molecule has 0 saturated heterocycles. The van der Waals surface area contributed by atoms with Crippen molar-refractivity contribution in [3.63, 3.8) is 0 Å². The van der Waals surface area contributed by atoms with Gasteiger partial charge in [-0.05, 0) is 12.8 Å². The Labute approximate surface area is 188 Å². The van der Waals surface area contributed by atoms with Gasteiger partial charge in [0.25, 0.3) is 0 Å². The SMILES string of the molecule is C[N+](C)(C)CCCNC(=O)CCCCCCCCCCCCCCCCCO.[Cl-]. The van der Waals surface area contributed by atoms with E-state index in [0.29, 0.717) is 13.0 Å². The number of amides is 1. The van der Waals surface area contributed by atoms with Crippen LogP contribution in [0.1, 0.15) is 109 Å². The molecule has 176 valence electrons. The molecule has 0 aromatic carbocycles. The number of aliphatic hydroxyl groups is 1. The van der Waals surface area contributed by atoms with E-state index in [-0.39, 0.29) is 18.3 Å². The summed E-state index contributed by atoms with van der Waals surface area (Å²) in [7, 11) is 6.56. The van der Waals surface area contributed by atoms with E-state index in [2.05, 4.69) is 26.5 Å². The van der Waals surface area contributed by atoms with Gasteiger partial charge >= 0.3 is 0 Å². The minimum Gasteiger partial charge on any atom is -1.00 e. The predicted molar refractivity (Wildman–Crippen MR) is 121 cm³/mol. The number of quaternary nitrogens is 1. The number of nitrogens with zero attached hydrogens (tertiary/aromatic N) is 1. The highest BCUT2D eigenvalue weighted by molar-refractivity contribution is 5.75. The maximum Gasteiger partial charge on any atom is 0.219 e. The molecule has 0 radical (unpaired) electrons. The van der Waals surface area contributed by atoms with Crippen molar-refractivity contribution in [2.24, 2.45) is 0 Å². The van der Waals surface area contributed by atoms with E-state index in [1.165, 1.54) is 83.5 Å². The van der Waals surface area contributed by atoms with Crippen molar-refractivity contribution in [2.45, 2.75) is 109 Å². The monoisotopic (exact) mass is 434 g/mol. The van der Waals surface area contributed by atoms with Crippen molar-refractivity contribution in [1.82, 2.24) is 5.32 Å². The van der Waals surface area contributed by atoms with Gasteiger partial charge in [-0.1, -0.05) is 83.5 Å². The van der Waals surface area contributed by atoms with Crippen LogP contribution in [0.3, 0.4) is 0 Å². The zero-order valence-corrected chi connectivity index (χ0v) is 20.6. The number of carbonyl (C=O) groups excluding carboxylic acids is 1. The molecule has 0 unspecified atom stereocenters. The molecule has 0 bridgehead atoms. The minimum atomic E-state index is 0. The first-order valence-electron chi connectivity index (χ1n) is 12.1. The van der Waals surface area contributed by atoms with Crippen LogP contribution < -0.4 is 17.7 Å². The van der Waals surface area contributed by atoms with Gasteiger partial charge in [-0.3, -0.25) is 4.79 Å². The van der Waals surface area contributed by atoms with E-state index >= 15 is 0 Å². The average Bonchev–Trinajstić information content (AvgIpc) is 2.64. The van der Waals surface area contributed by atoms with Gasteiger partial charge in [-0.2, -0.15) is 0 Å². The summed E-state index contributed by atoms with van der Waals surface area (Å²) in [5, 5.41) is 11.8. The lowest BCUT2D eigenvalue weighted by molar-refractivity contribution is -0.870. The second-order valence-corrected chi connectivity index (χ2v) is 9.49. The molecule has 0 aromatic heterocycles. The van der Waals surface area contributed by atoms with Crippen LogP contribution in [0.5, 0.6) is 0 Å². The third-order valence-corrected chi connectivity index (χ3v) is 5.39. The Morgan fingerprint density at radius 3 is 1.41 bits per heavy atom. The molecule has 0 fully saturated rings. The molecule has 0 aliphatic rings. The Morgan fingerprint density at radius 2 is 1.03 bits per heavy atom. The molecule has 0 atom stereocenters. The van der Waals surface area contributed by atoms with E-state index in [9.17, 15) is 4.79 Å². The number of nitrogens with one attached hydrogen (secondary N) is 1. The number of unbranched alkanes of at least 4 members (excludes halogenated alkanes) is 14. The van der Waals surface area contributed by atoms with Gasteiger partial charge in [0.2, 0.25) is 5.91 Å². The topological polar surface area (TPSA) is 49.3 Å². The van der Waals surface area contributed by atoms with Crippen molar-refractivity contribution in [2.75, 3.05) is 40.8 Å². The fraction of sp³-hybridized carbons (Fsp3) is 0.958. The molecular weight excluding hydrogens is 384 g/mol. The molecule has 5 heteroatoms. The zero-order valence-electron chi connectivity index (χ0n) is 19.8. The van der Waals surface area contributed by atoms with Crippen molar-refractivity contribution >= 4 is 5.91 Å². The second-order valence-electron chi connectivity index (χ2n) is 9.49. The average molecular weight is 435 g/mol. The van der Waals surface area contributed by atoms with Crippen molar-refractivity contribution in [1.29, 1.82) is 0 Å². The van der Waals surface area contributed by atoms with Crippen LogP contribution in [0, 0.1) is 0 Å². The molecule has 0 spiro atoms. The first kappa shape index (κ1) is 30.9. The lowest BCUT2D eigenvalue weighted by atomic mass is 10.0. The summed E-state index contributed by atoms with van der Waals surface area (Å²) in [6.07, 6.45) is 21.1. The van der Waals surface area contributed by atoms with Gasteiger partial charge in [0, 0.05) is 26.0 Å². The molecule has 4 nitrogen and oxygen atoms in total. The lowest BCUT2D eigenvalue weighted by Crippen LogP contribution is -3.00. The number of hydrogen-bond donors (Lipinski definition) is 2. The molecule has 0 aliphatic heterocycles. The minimum absolute atomic E-state index is 0. The standard InChI is InChI=1S/C24H50N2O2.ClH/c1-26(2,3)22-19-21-25-24(28)20-17-15-13-11-9-7-5-4-6-8-10-12-14-16-18-23-27;/h27H,4-23H2,1-3H3;1H. The number of rotatable bonds is 21. The van der Waals surface area contributed by atoms with Crippen LogP contribution in [0.25, 0.3) is 0 Å². The highest BCUT2D eigenvalue weighted by Gasteiger charge is 2.06. The Kier molecular flexibility index (Phi) is 23.8. The summed E-state index contributed by atoms with van der Waals surface area (Å²) in [6.45, 7) is 2.27. The fourth-order valence-electron chi connectivity index (χ4n) is 3.57. The van der Waals surface area contributed by atoms with Gasteiger partial charge in [-0.15, -0.1) is 0 Å². The number of carbonyl (C=O) groups is 1. The van der Waals surface area contributed by atoms with Crippen LogP contribution in [-0.4, -0.2) is 56.3 Å². The first-order chi connectivity index (χ1) is 13.5. The van der Waals surface area contributed by atoms with Crippen molar-refractivity contribution in [3.05, 3.63) is 0 Å². The molecular formula is C24H51ClN2O2. The van der Waals surface area contributed by atoms with E-state index in [1.807, 2.05) is 0 Å². The Morgan fingerprint density at radius 1 is 0.655 bits per heavy atom. The van der Waals surface area contributed by atoms with Gasteiger partial charge in [-0.25, -0.2) is 0 Å². The maximum absolute atomic E-state index is 11.8. The van der Waals surface area contributed by atoms with Crippen molar-refractivity contribution < 1.29 is 26.8 Å². The summed E-state index contributed by atoms with van der Waals surface area (Å²) >= 11 is 0. The lowest BCUT2D eigenvalue weighted by Gasteiger charge is -2.23. The van der Waals surface area contributed by atoms with Crippen LogP contribution >= 0.6 is 0 Å². The summed E-state index contributed by atoms with van der Waals surface area (Å²) < 4.78 is 0.960.